The predicted molar refractivity (Wildman–Crippen MR) is 84.3 cm³/mol. The number of aromatic nitrogens is 2. The average Bonchev–Trinajstić information content (AvgIpc) is 2.59. The zero-order chi connectivity index (χ0) is 17.2. The van der Waals surface area contributed by atoms with Crippen LogP contribution in [0.2, 0.25) is 0 Å². The lowest BCUT2D eigenvalue weighted by Crippen LogP contribution is -2.05. The van der Waals surface area contributed by atoms with Crippen molar-refractivity contribution in [3.63, 3.8) is 0 Å². The van der Waals surface area contributed by atoms with E-state index in [1.54, 1.807) is 36.7 Å². The highest BCUT2D eigenvalue weighted by atomic mass is 19.4. The minimum atomic E-state index is -4.41. The van der Waals surface area contributed by atoms with E-state index < -0.39 is 11.7 Å². The highest BCUT2D eigenvalue weighted by molar-refractivity contribution is 6.06. The third-order valence-corrected chi connectivity index (χ3v) is 3.42. The average molecular weight is 328 g/mol. The molecule has 0 saturated heterocycles. The maximum Gasteiger partial charge on any atom is 0.416 e. The normalized spacial score (nSPS) is 12.0. The lowest BCUT2D eigenvalue weighted by atomic mass is 10.1. The van der Waals surface area contributed by atoms with E-state index in [1.165, 1.54) is 18.2 Å². The van der Waals surface area contributed by atoms with Crippen LogP contribution in [-0.4, -0.2) is 15.8 Å². The predicted octanol–water partition coefficient (Wildman–Crippen LogP) is 4.54. The maximum absolute atomic E-state index is 12.5. The molecule has 6 heteroatoms. The third kappa shape index (κ3) is 3.48. The van der Waals surface area contributed by atoms with E-state index in [4.69, 9.17) is 0 Å². The van der Waals surface area contributed by atoms with Gasteiger partial charge in [-0.3, -0.25) is 14.8 Å². The lowest BCUT2D eigenvalue weighted by molar-refractivity contribution is -0.137. The van der Waals surface area contributed by atoms with Gasteiger partial charge in [-0.2, -0.15) is 13.2 Å². The van der Waals surface area contributed by atoms with Crippen molar-refractivity contribution in [1.82, 2.24) is 9.97 Å². The highest BCUT2D eigenvalue weighted by Crippen LogP contribution is 2.29. The fourth-order valence-corrected chi connectivity index (χ4v) is 2.18. The number of allylic oxidation sites excluding steroid dienone is 1. The second kappa shape index (κ2) is 6.23. The van der Waals surface area contributed by atoms with Gasteiger partial charge in [0.15, 0.2) is 5.78 Å². The quantitative estimate of drug-likeness (QED) is 0.523. The highest BCUT2D eigenvalue weighted by Gasteiger charge is 2.30. The Balaban J connectivity index is 1.79. The molecule has 3 nitrogen and oxygen atoms in total. The van der Waals surface area contributed by atoms with Crippen molar-refractivity contribution < 1.29 is 18.0 Å². The van der Waals surface area contributed by atoms with E-state index >= 15 is 0 Å². The first-order valence-electron chi connectivity index (χ1n) is 7.04. The SMILES string of the molecule is O=C(C=Cc1ccc2nccnc2c1)c1ccc(C(F)(F)F)cc1. The van der Waals surface area contributed by atoms with Gasteiger partial charge in [-0.15, -0.1) is 0 Å². The molecule has 0 saturated carbocycles. The van der Waals surface area contributed by atoms with E-state index in [9.17, 15) is 18.0 Å². The molecular weight excluding hydrogens is 317 g/mol. The lowest BCUT2D eigenvalue weighted by Gasteiger charge is -2.06. The Hall–Kier alpha value is -3.02. The van der Waals surface area contributed by atoms with Crippen molar-refractivity contribution in [3.05, 3.63) is 77.6 Å². The number of nitrogens with zero attached hydrogens (tertiary/aromatic N) is 2. The van der Waals surface area contributed by atoms with Crippen LogP contribution in [0.25, 0.3) is 17.1 Å². The maximum atomic E-state index is 12.5. The number of fused-ring (bicyclic) bond motifs is 1. The Kier molecular flexibility index (Phi) is 4.12. The summed E-state index contributed by atoms with van der Waals surface area (Å²) in [6.07, 6.45) is 1.66. The smallest absolute Gasteiger partial charge is 0.289 e. The zero-order valence-corrected chi connectivity index (χ0v) is 12.3. The van der Waals surface area contributed by atoms with E-state index in [1.807, 2.05) is 0 Å². The van der Waals surface area contributed by atoms with Crippen LogP contribution in [0.15, 0.2) is 60.9 Å². The van der Waals surface area contributed by atoms with E-state index in [0.717, 1.165) is 23.2 Å². The molecule has 0 amide bonds. The standard InChI is InChI=1S/C18H11F3N2O/c19-18(20,21)14-5-3-13(4-6-14)17(24)8-2-12-1-7-15-16(11-12)23-10-9-22-15/h1-11H. The molecule has 0 aliphatic rings. The summed E-state index contributed by atoms with van der Waals surface area (Å²) in [6.45, 7) is 0. The van der Waals surface area contributed by atoms with Crippen LogP contribution in [0, 0.1) is 0 Å². The van der Waals surface area contributed by atoms with Crippen LogP contribution in [0.3, 0.4) is 0 Å². The van der Waals surface area contributed by atoms with E-state index in [0.29, 0.717) is 5.52 Å². The molecule has 2 aromatic carbocycles. The van der Waals surface area contributed by atoms with Crippen molar-refractivity contribution in [2.24, 2.45) is 0 Å². The van der Waals surface area contributed by atoms with Gasteiger partial charge in [0, 0.05) is 18.0 Å². The molecule has 24 heavy (non-hydrogen) atoms. The number of hydrogen-bond acceptors (Lipinski definition) is 3. The summed E-state index contributed by atoms with van der Waals surface area (Å²) in [5.41, 5.74) is 1.60. The molecule has 3 aromatic rings. The molecule has 0 spiro atoms. The molecule has 0 bridgehead atoms. The number of carbonyl (C=O) groups is 1. The molecule has 0 atom stereocenters. The van der Waals surface area contributed by atoms with Gasteiger partial charge < -0.3 is 0 Å². The van der Waals surface area contributed by atoms with Crippen LogP contribution in [0.4, 0.5) is 13.2 Å². The van der Waals surface area contributed by atoms with Crippen molar-refractivity contribution in [2.75, 3.05) is 0 Å². The van der Waals surface area contributed by atoms with E-state index in [2.05, 4.69) is 9.97 Å². The number of hydrogen-bond donors (Lipinski definition) is 0. The largest absolute Gasteiger partial charge is 0.416 e. The monoisotopic (exact) mass is 328 g/mol. The number of benzene rings is 2. The van der Waals surface area contributed by atoms with Crippen molar-refractivity contribution in [2.45, 2.75) is 6.18 Å². The Morgan fingerprint density at radius 1 is 0.917 bits per heavy atom. The summed E-state index contributed by atoms with van der Waals surface area (Å²) in [5.74, 6) is -0.372. The van der Waals surface area contributed by atoms with Crippen LogP contribution in [-0.2, 0) is 6.18 Å². The van der Waals surface area contributed by atoms with Gasteiger partial charge in [0.1, 0.15) is 0 Å². The molecule has 3 rings (SSSR count). The summed E-state index contributed by atoms with van der Waals surface area (Å²) in [4.78, 5) is 20.4. The molecular formula is C18H11F3N2O. The Bertz CT molecular complexity index is 915. The van der Waals surface area contributed by atoms with Crippen LogP contribution in [0.5, 0.6) is 0 Å². The first kappa shape index (κ1) is 15.9. The van der Waals surface area contributed by atoms with Gasteiger partial charge in [0.2, 0.25) is 0 Å². The van der Waals surface area contributed by atoms with Gasteiger partial charge in [-0.05, 0) is 35.9 Å². The number of alkyl halides is 3. The second-order valence-corrected chi connectivity index (χ2v) is 5.08. The molecule has 0 aliphatic heterocycles. The first-order chi connectivity index (χ1) is 11.4. The summed E-state index contributed by atoms with van der Waals surface area (Å²) in [6, 6.07) is 9.47. The fraction of sp³-hybridized carbons (Fsp3) is 0.0556. The second-order valence-electron chi connectivity index (χ2n) is 5.08. The van der Waals surface area contributed by atoms with Crippen molar-refractivity contribution >= 4 is 22.9 Å². The molecule has 0 N–H and O–H groups in total. The molecule has 120 valence electrons. The number of carbonyl (C=O) groups excluding carboxylic acids is 1. The van der Waals surface area contributed by atoms with Gasteiger partial charge in [-0.1, -0.05) is 24.3 Å². The Morgan fingerprint density at radius 3 is 2.25 bits per heavy atom. The minimum Gasteiger partial charge on any atom is -0.289 e. The summed E-state index contributed by atoms with van der Waals surface area (Å²) in [7, 11) is 0. The summed E-state index contributed by atoms with van der Waals surface area (Å²) < 4.78 is 37.5. The Morgan fingerprint density at radius 2 is 1.58 bits per heavy atom. The van der Waals surface area contributed by atoms with Crippen LogP contribution >= 0.6 is 0 Å². The molecule has 0 fully saturated rings. The van der Waals surface area contributed by atoms with Crippen LogP contribution < -0.4 is 0 Å². The molecule has 0 radical (unpaired) electrons. The molecule has 1 heterocycles. The van der Waals surface area contributed by atoms with E-state index in [-0.39, 0.29) is 11.3 Å². The number of rotatable bonds is 3. The van der Waals surface area contributed by atoms with Crippen LogP contribution in [0.1, 0.15) is 21.5 Å². The third-order valence-electron chi connectivity index (χ3n) is 3.42. The fourth-order valence-electron chi connectivity index (χ4n) is 2.18. The van der Waals surface area contributed by atoms with Gasteiger partial charge in [0.25, 0.3) is 0 Å². The van der Waals surface area contributed by atoms with Crippen molar-refractivity contribution in [3.8, 4) is 0 Å². The molecule has 0 unspecified atom stereocenters. The van der Waals surface area contributed by atoms with Gasteiger partial charge in [-0.25, -0.2) is 0 Å². The zero-order valence-electron chi connectivity index (χ0n) is 12.3. The molecule has 0 aliphatic carbocycles. The Labute approximate surface area is 135 Å². The van der Waals surface area contributed by atoms with Crippen molar-refractivity contribution in [1.29, 1.82) is 0 Å². The number of ketones is 1. The minimum absolute atomic E-state index is 0.194. The summed E-state index contributed by atoms with van der Waals surface area (Å²) in [5, 5.41) is 0. The van der Waals surface area contributed by atoms with Gasteiger partial charge >= 0.3 is 6.18 Å². The number of halogens is 3. The molecule has 1 aromatic heterocycles. The first-order valence-corrected chi connectivity index (χ1v) is 7.04. The van der Waals surface area contributed by atoms with Gasteiger partial charge in [0.05, 0.1) is 16.6 Å². The topological polar surface area (TPSA) is 42.9 Å². The summed E-state index contributed by atoms with van der Waals surface area (Å²) >= 11 is 0.